The van der Waals surface area contributed by atoms with Gasteiger partial charge in [0.1, 0.15) is 11.6 Å². The van der Waals surface area contributed by atoms with E-state index >= 15 is 0 Å². The summed E-state index contributed by atoms with van der Waals surface area (Å²) in [6.07, 6.45) is 3.24. The zero-order valence-electron chi connectivity index (χ0n) is 20.2. The van der Waals surface area contributed by atoms with Crippen molar-refractivity contribution in [2.75, 3.05) is 20.2 Å². The van der Waals surface area contributed by atoms with Crippen molar-refractivity contribution in [3.63, 3.8) is 0 Å². The van der Waals surface area contributed by atoms with Gasteiger partial charge in [0.15, 0.2) is 0 Å². The molecule has 3 aromatic carbocycles. The molecule has 0 amide bonds. The highest BCUT2D eigenvalue weighted by Gasteiger charge is 2.23. The van der Waals surface area contributed by atoms with E-state index in [0.717, 1.165) is 32.4 Å². The first-order chi connectivity index (χ1) is 17.5. The maximum absolute atomic E-state index is 13.7. The van der Waals surface area contributed by atoms with Crippen molar-refractivity contribution in [3.05, 3.63) is 105 Å². The van der Waals surface area contributed by atoms with Crippen molar-refractivity contribution in [2.45, 2.75) is 25.8 Å². The fourth-order valence-corrected chi connectivity index (χ4v) is 4.95. The van der Waals surface area contributed by atoms with Crippen LogP contribution in [-0.2, 0) is 13.0 Å². The van der Waals surface area contributed by atoms with E-state index in [2.05, 4.69) is 29.2 Å². The lowest BCUT2D eigenvalue weighted by Gasteiger charge is -2.32. The molecular weight excluding hydrogens is 456 g/mol. The Kier molecular flexibility index (Phi) is 6.77. The number of rotatable bonds is 7. The fourth-order valence-electron chi connectivity index (χ4n) is 4.95. The second kappa shape index (κ2) is 10.3. The van der Waals surface area contributed by atoms with Gasteiger partial charge in [-0.05, 0) is 62.0 Å². The molecule has 8 heteroatoms. The number of benzene rings is 3. The molecule has 36 heavy (non-hydrogen) atoms. The van der Waals surface area contributed by atoms with Gasteiger partial charge in [-0.3, -0.25) is 24.4 Å². The van der Waals surface area contributed by atoms with Crippen LogP contribution in [0.25, 0.3) is 16.6 Å². The Morgan fingerprint density at radius 3 is 2.53 bits per heavy atom. The minimum absolute atomic E-state index is 0.133. The molecular formula is C28H28N4O4. The maximum atomic E-state index is 13.7. The monoisotopic (exact) mass is 484 g/mol. The first kappa shape index (κ1) is 23.7. The Balaban J connectivity index is 1.46. The van der Waals surface area contributed by atoms with Gasteiger partial charge < -0.3 is 4.74 Å². The van der Waals surface area contributed by atoms with E-state index < -0.39 is 4.92 Å². The number of nitro benzene ring substituents is 1. The first-order valence-corrected chi connectivity index (χ1v) is 12.1. The SMILES string of the molecule is COc1cccc(-n2c(CN3CCC(Cc4ccccc4)CC3)nc3ccc([N+](=O)[O-])cc3c2=O)c1. The normalized spacial score (nSPS) is 14.7. The Labute approximate surface area is 208 Å². The number of piperidine rings is 1. The molecule has 1 aliphatic rings. The molecule has 184 valence electrons. The average molecular weight is 485 g/mol. The third-order valence-electron chi connectivity index (χ3n) is 6.88. The van der Waals surface area contributed by atoms with Crippen LogP contribution in [0, 0.1) is 16.0 Å². The van der Waals surface area contributed by atoms with E-state index in [0.29, 0.717) is 35.2 Å². The van der Waals surface area contributed by atoms with Crippen LogP contribution in [0.2, 0.25) is 0 Å². The summed E-state index contributed by atoms with van der Waals surface area (Å²) >= 11 is 0. The molecule has 0 N–H and O–H groups in total. The number of likely N-dealkylation sites (tertiary alicyclic amines) is 1. The van der Waals surface area contributed by atoms with Crippen LogP contribution >= 0.6 is 0 Å². The number of ether oxygens (including phenoxy) is 1. The highest BCUT2D eigenvalue weighted by atomic mass is 16.6. The fraction of sp³-hybridized carbons (Fsp3) is 0.286. The predicted octanol–water partition coefficient (Wildman–Crippen LogP) is 4.76. The molecule has 8 nitrogen and oxygen atoms in total. The van der Waals surface area contributed by atoms with E-state index in [1.165, 1.54) is 17.7 Å². The molecule has 2 heterocycles. The molecule has 5 rings (SSSR count). The van der Waals surface area contributed by atoms with E-state index in [1.54, 1.807) is 23.8 Å². The van der Waals surface area contributed by atoms with E-state index in [1.807, 2.05) is 24.3 Å². The van der Waals surface area contributed by atoms with Gasteiger partial charge in [0.2, 0.25) is 0 Å². The van der Waals surface area contributed by atoms with Crippen molar-refractivity contribution in [3.8, 4) is 11.4 Å². The summed E-state index contributed by atoms with van der Waals surface area (Å²) in [5.41, 5.74) is 1.98. The highest BCUT2D eigenvalue weighted by molar-refractivity contribution is 5.80. The molecule has 0 unspecified atom stereocenters. The number of methoxy groups -OCH3 is 1. The van der Waals surface area contributed by atoms with E-state index in [-0.39, 0.29) is 16.6 Å². The van der Waals surface area contributed by atoms with Gasteiger partial charge in [-0.2, -0.15) is 0 Å². The molecule has 0 saturated carbocycles. The first-order valence-electron chi connectivity index (χ1n) is 12.1. The van der Waals surface area contributed by atoms with Gasteiger partial charge in [0.05, 0.1) is 35.2 Å². The summed E-state index contributed by atoms with van der Waals surface area (Å²) < 4.78 is 6.93. The third-order valence-corrected chi connectivity index (χ3v) is 6.88. The van der Waals surface area contributed by atoms with E-state index in [9.17, 15) is 14.9 Å². The summed E-state index contributed by atoms with van der Waals surface area (Å²) in [7, 11) is 1.57. The molecule has 0 aliphatic carbocycles. The van der Waals surface area contributed by atoms with Crippen molar-refractivity contribution in [2.24, 2.45) is 5.92 Å². The van der Waals surface area contributed by atoms with Crippen LogP contribution in [0.4, 0.5) is 5.69 Å². The van der Waals surface area contributed by atoms with Crippen molar-refractivity contribution < 1.29 is 9.66 Å². The smallest absolute Gasteiger partial charge is 0.270 e. The van der Waals surface area contributed by atoms with Crippen LogP contribution in [0.1, 0.15) is 24.2 Å². The van der Waals surface area contributed by atoms with Crippen molar-refractivity contribution in [1.82, 2.24) is 14.5 Å². The van der Waals surface area contributed by atoms with Gasteiger partial charge in [0, 0.05) is 18.2 Å². The molecule has 0 bridgehead atoms. The number of non-ortho nitro benzene ring substituents is 1. The second-order valence-electron chi connectivity index (χ2n) is 9.24. The molecule has 0 radical (unpaired) electrons. The minimum atomic E-state index is -0.498. The molecule has 1 saturated heterocycles. The van der Waals surface area contributed by atoms with E-state index in [4.69, 9.17) is 9.72 Å². The van der Waals surface area contributed by atoms with Crippen LogP contribution in [0.5, 0.6) is 5.75 Å². The second-order valence-corrected chi connectivity index (χ2v) is 9.24. The number of aromatic nitrogens is 2. The van der Waals surface area contributed by atoms with Gasteiger partial charge in [-0.1, -0.05) is 36.4 Å². The lowest BCUT2D eigenvalue weighted by molar-refractivity contribution is -0.384. The number of hydrogen-bond donors (Lipinski definition) is 0. The van der Waals surface area contributed by atoms with Crippen molar-refractivity contribution in [1.29, 1.82) is 0 Å². The molecule has 1 aliphatic heterocycles. The topological polar surface area (TPSA) is 90.5 Å². The zero-order valence-corrected chi connectivity index (χ0v) is 20.2. The molecule has 4 aromatic rings. The summed E-state index contributed by atoms with van der Waals surface area (Å²) in [6, 6.07) is 22.1. The number of nitrogens with zero attached hydrogens (tertiary/aromatic N) is 4. The minimum Gasteiger partial charge on any atom is -0.497 e. The quantitative estimate of drug-likeness (QED) is 0.278. The average Bonchev–Trinajstić information content (AvgIpc) is 2.90. The predicted molar refractivity (Wildman–Crippen MR) is 139 cm³/mol. The third kappa shape index (κ3) is 4.99. The summed E-state index contributed by atoms with van der Waals surface area (Å²) in [6.45, 7) is 2.35. The van der Waals surface area contributed by atoms with Gasteiger partial charge in [-0.15, -0.1) is 0 Å². The zero-order chi connectivity index (χ0) is 25.1. The van der Waals surface area contributed by atoms with Crippen LogP contribution in [0.15, 0.2) is 77.6 Å². The Morgan fingerprint density at radius 2 is 1.81 bits per heavy atom. The van der Waals surface area contributed by atoms with Gasteiger partial charge in [0.25, 0.3) is 11.2 Å². The number of fused-ring (bicyclic) bond motifs is 1. The lowest BCUT2D eigenvalue weighted by atomic mass is 9.90. The Bertz CT molecular complexity index is 1440. The standard InChI is InChI=1S/C28H28N4O4/c1-36-24-9-5-8-22(17-24)31-27(29-26-11-10-23(32(34)35)18-25(26)28(31)33)19-30-14-12-21(13-15-30)16-20-6-3-2-4-7-20/h2-11,17-18,21H,12-16,19H2,1H3. The number of hydrogen-bond acceptors (Lipinski definition) is 6. The summed E-state index contributed by atoms with van der Waals surface area (Å²) in [5.74, 6) is 1.86. The van der Waals surface area contributed by atoms with Crippen LogP contribution in [-0.4, -0.2) is 39.6 Å². The van der Waals surface area contributed by atoms with Gasteiger partial charge >= 0.3 is 0 Å². The molecule has 1 aromatic heterocycles. The van der Waals surface area contributed by atoms with Crippen molar-refractivity contribution >= 4 is 16.6 Å². The summed E-state index contributed by atoms with van der Waals surface area (Å²) in [5, 5.41) is 11.5. The highest BCUT2D eigenvalue weighted by Crippen LogP contribution is 2.25. The molecule has 1 fully saturated rings. The Hall–Kier alpha value is -4.04. The largest absolute Gasteiger partial charge is 0.497 e. The Morgan fingerprint density at radius 1 is 1.03 bits per heavy atom. The lowest BCUT2D eigenvalue weighted by Crippen LogP contribution is -2.36. The maximum Gasteiger partial charge on any atom is 0.270 e. The molecule has 0 spiro atoms. The number of nitro groups is 1. The van der Waals surface area contributed by atoms with Crippen LogP contribution in [0.3, 0.4) is 0 Å². The van der Waals surface area contributed by atoms with Crippen LogP contribution < -0.4 is 10.3 Å². The summed E-state index contributed by atoms with van der Waals surface area (Å²) in [4.78, 5) is 31.6. The molecule has 0 atom stereocenters. The van der Waals surface area contributed by atoms with Gasteiger partial charge in [-0.25, -0.2) is 4.98 Å².